The molecule has 1 aromatic carbocycles. The summed E-state index contributed by atoms with van der Waals surface area (Å²) in [4.78, 5) is 8.39. The molecule has 0 radical (unpaired) electrons. The molecule has 1 fully saturated rings. The predicted octanol–water partition coefficient (Wildman–Crippen LogP) is 4.81. The fourth-order valence-electron chi connectivity index (χ4n) is 3.76. The monoisotopic (exact) mass is 377 g/mol. The Hall–Kier alpha value is -1.17. The number of aliphatic hydroxyl groups is 1. The Morgan fingerprint density at radius 2 is 2.12 bits per heavy atom. The second kappa shape index (κ2) is 7.60. The lowest BCUT2D eigenvalue weighted by Gasteiger charge is -2.14. The van der Waals surface area contributed by atoms with Crippen molar-refractivity contribution < 1.29 is 5.11 Å². The van der Waals surface area contributed by atoms with E-state index >= 15 is 0 Å². The molecule has 1 aromatic heterocycles. The van der Waals surface area contributed by atoms with Gasteiger partial charge in [0.05, 0.1) is 22.9 Å². The third-order valence-electron chi connectivity index (χ3n) is 5.05. The number of benzene rings is 1. The summed E-state index contributed by atoms with van der Waals surface area (Å²) < 4.78 is 0. The molecule has 4 rings (SSSR count). The zero-order chi connectivity index (χ0) is 17.2. The van der Waals surface area contributed by atoms with Crippen LogP contribution in [0.3, 0.4) is 0 Å². The van der Waals surface area contributed by atoms with Crippen molar-refractivity contribution in [2.45, 2.75) is 50.6 Å². The molecule has 0 bridgehead atoms. The maximum Gasteiger partial charge on any atom is 0.114 e. The van der Waals surface area contributed by atoms with Crippen molar-refractivity contribution in [2.24, 2.45) is 4.99 Å². The Labute approximate surface area is 157 Å². The van der Waals surface area contributed by atoms with E-state index in [1.165, 1.54) is 25.7 Å². The number of rotatable bonds is 6. The van der Waals surface area contributed by atoms with E-state index in [1.807, 2.05) is 12.1 Å². The number of aliphatic imine (C=N–C) groups is 1. The van der Waals surface area contributed by atoms with Crippen LogP contribution in [0.4, 0.5) is 5.69 Å². The van der Waals surface area contributed by atoms with Gasteiger partial charge in [-0.2, -0.15) is 0 Å². The summed E-state index contributed by atoms with van der Waals surface area (Å²) in [6, 6.07) is 7.06. The fourth-order valence-corrected chi connectivity index (χ4v) is 5.07. The molecule has 134 valence electrons. The molecule has 0 spiro atoms. The zero-order valence-corrected chi connectivity index (χ0v) is 15.8. The minimum Gasteiger partial charge on any atom is -0.396 e. The lowest BCUT2D eigenvalue weighted by atomic mass is 10.2. The van der Waals surface area contributed by atoms with Gasteiger partial charge in [0, 0.05) is 28.8 Å². The van der Waals surface area contributed by atoms with Gasteiger partial charge in [0.25, 0.3) is 0 Å². The smallest absolute Gasteiger partial charge is 0.114 e. The highest BCUT2D eigenvalue weighted by atomic mass is 35.5. The van der Waals surface area contributed by atoms with Crippen LogP contribution in [0.15, 0.2) is 23.2 Å². The van der Waals surface area contributed by atoms with Crippen molar-refractivity contribution >= 4 is 45.0 Å². The number of nitrogens with zero attached hydrogens (tertiary/aromatic N) is 1. The van der Waals surface area contributed by atoms with Crippen molar-refractivity contribution in [2.75, 3.05) is 17.7 Å². The summed E-state index contributed by atoms with van der Waals surface area (Å²) >= 11 is 8.14. The number of H-pyrrole nitrogens is 1. The third-order valence-corrected chi connectivity index (χ3v) is 6.41. The summed E-state index contributed by atoms with van der Waals surface area (Å²) in [5, 5.41) is 15.6. The molecule has 2 aliphatic rings. The second-order valence-electron chi connectivity index (χ2n) is 6.99. The van der Waals surface area contributed by atoms with Gasteiger partial charge < -0.3 is 15.4 Å². The first-order valence-corrected chi connectivity index (χ1v) is 10.5. The molecule has 3 N–H and O–H groups in total. The Morgan fingerprint density at radius 3 is 2.92 bits per heavy atom. The molecule has 6 heteroatoms. The van der Waals surface area contributed by atoms with Crippen molar-refractivity contribution in [3.05, 3.63) is 28.9 Å². The summed E-state index contributed by atoms with van der Waals surface area (Å²) in [7, 11) is 0. The molecule has 25 heavy (non-hydrogen) atoms. The van der Waals surface area contributed by atoms with E-state index in [2.05, 4.69) is 16.4 Å². The highest BCUT2D eigenvalue weighted by Gasteiger charge is 2.22. The van der Waals surface area contributed by atoms with Gasteiger partial charge in [0.15, 0.2) is 0 Å². The summed E-state index contributed by atoms with van der Waals surface area (Å²) in [6.07, 6.45) is 6.85. The van der Waals surface area contributed by atoms with Gasteiger partial charge in [0.1, 0.15) is 5.04 Å². The van der Waals surface area contributed by atoms with Crippen LogP contribution in [0.2, 0.25) is 5.02 Å². The molecule has 1 unspecified atom stereocenters. The maximum atomic E-state index is 9.00. The van der Waals surface area contributed by atoms with Crippen LogP contribution in [0, 0.1) is 0 Å². The molecule has 1 atom stereocenters. The molecule has 1 aliphatic carbocycles. The van der Waals surface area contributed by atoms with E-state index in [-0.39, 0.29) is 6.61 Å². The largest absolute Gasteiger partial charge is 0.396 e. The average molecular weight is 378 g/mol. The van der Waals surface area contributed by atoms with Crippen LogP contribution in [-0.2, 0) is 0 Å². The molecule has 2 heterocycles. The molecular formula is C19H24ClN3OS. The lowest BCUT2D eigenvalue weighted by Crippen LogP contribution is -2.14. The van der Waals surface area contributed by atoms with Gasteiger partial charge in [-0.15, -0.1) is 11.8 Å². The van der Waals surface area contributed by atoms with Crippen LogP contribution in [0.5, 0.6) is 0 Å². The number of aromatic nitrogens is 1. The van der Waals surface area contributed by atoms with Gasteiger partial charge in [-0.3, -0.25) is 4.99 Å². The summed E-state index contributed by atoms with van der Waals surface area (Å²) in [6.45, 7) is 0.243. The van der Waals surface area contributed by atoms with Crippen molar-refractivity contribution in [1.29, 1.82) is 0 Å². The van der Waals surface area contributed by atoms with Crippen molar-refractivity contribution in [3.8, 4) is 0 Å². The molecule has 1 saturated carbocycles. The Kier molecular flexibility index (Phi) is 5.25. The number of hydrogen-bond donors (Lipinski definition) is 3. The highest BCUT2D eigenvalue weighted by molar-refractivity contribution is 8.14. The van der Waals surface area contributed by atoms with Crippen LogP contribution < -0.4 is 5.32 Å². The van der Waals surface area contributed by atoms with E-state index in [0.29, 0.717) is 12.1 Å². The first-order valence-electron chi connectivity index (χ1n) is 9.13. The summed E-state index contributed by atoms with van der Waals surface area (Å²) in [5.41, 5.74) is 3.29. The topological polar surface area (TPSA) is 60.4 Å². The number of thioether (sulfide) groups is 1. The number of hydrogen-bond acceptors (Lipinski definition) is 4. The van der Waals surface area contributed by atoms with Crippen LogP contribution in [0.1, 0.15) is 44.2 Å². The van der Waals surface area contributed by atoms with Gasteiger partial charge in [-0.1, -0.05) is 24.4 Å². The number of aliphatic hydroxyl groups excluding tert-OH is 1. The Bertz CT molecular complexity index is 782. The molecule has 0 saturated heterocycles. The molecule has 4 nitrogen and oxygen atoms in total. The predicted molar refractivity (Wildman–Crippen MR) is 108 cm³/mol. The number of anilines is 1. The second-order valence-corrected chi connectivity index (χ2v) is 8.44. The van der Waals surface area contributed by atoms with Gasteiger partial charge in [-0.05, 0) is 43.9 Å². The molecular weight excluding hydrogens is 354 g/mol. The zero-order valence-electron chi connectivity index (χ0n) is 14.2. The quantitative estimate of drug-likeness (QED) is 0.676. The van der Waals surface area contributed by atoms with Crippen LogP contribution in [-0.4, -0.2) is 39.6 Å². The maximum absolute atomic E-state index is 9.00. The normalized spacial score (nSPS) is 21.2. The van der Waals surface area contributed by atoms with Gasteiger partial charge >= 0.3 is 0 Å². The standard InChI is InChI=1S/C19H24ClN3OS/c20-13-8-12-9-17(19-22-15(11-25-19)6-3-7-24)23-18(12)16(10-13)21-14-4-1-2-5-14/h8-10,14-15,21,23-24H,1-7,11H2. The molecule has 1 aliphatic heterocycles. The number of nitrogens with one attached hydrogen (secondary N) is 2. The number of fused-ring (bicyclic) bond motifs is 1. The average Bonchev–Trinajstić information content (AvgIpc) is 3.32. The SMILES string of the molecule is OCCCC1CSC(c2cc3cc(Cl)cc(NC4CCCC4)c3[nH]2)=N1. The van der Waals surface area contributed by atoms with E-state index in [1.54, 1.807) is 11.8 Å². The van der Waals surface area contributed by atoms with E-state index in [0.717, 1.165) is 50.9 Å². The molecule has 2 aromatic rings. The van der Waals surface area contributed by atoms with Crippen molar-refractivity contribution in [3.63, 3.8) is 0 Å². The van der Waals surface area contributed by atoms with Gasteiger partial charge in [0.2, 0.25) is 0 Å². The van der Waals surface area contributed by atoms with Crippen molar-refractivity contribution in [1.82, 2.24) is 4.98 Å². The summed E-state index contributed by atoms with van der Waals surface area (Å²) in [5.74, 6) is 0.999. The minimum atomic E-state index is 0.243. The van der Waals surface area contributed by atoms with Gasteiger partial charge in [-0.25, -0.2) is 0 Å². The Balaban J connectivity index is 1.61. The number of halogens is 1. The third kappa shape index (κ3) is 3.83. The van der Waals surface area contributed by atoms with Crippen LogP contribution in [0.25, 0.3) is 10.9 Å². The fraction of sp³-hybridized carbons (Fsp3) is 0.526. The first kappa shape index (κ1) is 17.3. The lowest BCUT2D eigenvalue weighted by molar-refractivity contribution is 0.281. The first-order chi connectivity index (χ1) is 12.2. The molecule has 0 amide bonds. The van der Waals surface area contributed by atoms with E-state index in [4.69, 9.17) is 21.7 Å². The van der Waals surface area contributed by atoms with E-state index in [9.17, 15) is 0 Å². The Morgan fingerprint density at radius 1 is 1.28 bits per heavy atom. The highest BCUT2D eigenvalue weighted by Crippen LogP contribution is 2.33. The minimum absolute atomic E-state index is 0.243. The van der Waals surface area contributed by atoms with Crippen LogP contribution >= 0.6 is 23.4 Å². The number of aromatic amines is 1. The van der Waals surface area contributed by atoms with E-state index < -0.39 is 0 Å².